The van der Waals surface area contributed by atoms with Crippen molar-refractivity contribution in [3.8, 4) is 34.0 Å². The highest BCUT2D eigenvalue weighted by molar-refractivity contribution is 5.97. The van der Waals surface area contributed by atoms with Gasteiger partial charge < -0.3 is 9.55 Å². The van der Waals surface area contributed by atoms with Crippen LogP contribution in [0.1, 0.15) is 5.82 Å². The molecule has 0 aliphatic rings. The minimum atomic E-state index is 0.692. The van der Waals surface area contributed by atoms with E-state index in [0.29, 0.717) is 5.82 Å². The summed E-state index contributed by atoms with van der Waals surface area (Å²) in [4.78, 5) is 21.4. The van der Waals surface area contributed by atoms with Gasteiger partial charge in [0.15, 0.2) is 5.82 Å². The first-order valence-electron chi connectivity index (χ1n) is 9.91. The number of nitrogens with zero attached hydrogens (tertiary/aromatic N) is 6. The predicted octanol–water partition coefficient (Wildman–Crippen LogP) is 4.27. The predicted molar refractivity (Wildman–Crippen MR) is 119 cm³/mol. The number of aryl methyl sites for hydroxylation is 1. The second-order valence-electron chi connectivity index (χ2n) is 7.47. The first-order valence-corrected chi connectivity index (χ1v) is 9.91. The number of aromatic nitrogens is 8. The van der Waals surface area contributed by atoms with Crippen molar-refractivity contribution >= 4 is 21.9 Å². The lowest BCUT2D eigenvalue weighted by Gasteiger charge is -2.04. The summed E-state index contributed by atoms with van der Waals surface area (Å²) in [5.41, 5.74) is 7.25. The molecule has 1 aromatic carbocycles. The Hall–Kier alpha value is -4.33. The highest BCUT2D eigenvalue weighted by Gasteiger charge is 2.17. The van der Waals surface area contributed by atoms with Crippen molar-refractivity contribution in [2.45, 2.75) is 6.92 Å². The van der Waals surface area contributed by atoms with Gasteiger partial charge in [0.25, 0.3) is 0 Å². The van der Waals surface area contributed by atoms with E-state index in [1.165, 1.54) is 0 Å². The van der Waals surface area contributed by atoms with Crippen molar-refractivity contribution in [1.82, 2.24) is 39.7 Å². The molecule has 5 heterocycles. The number of fused-ring (bicyclic) bond motifs is 2. The molecule has 0 atom stereocenters. The van der Waals surface area contributed by atoms with Gasteiger partial charge in [-0.25, -0.2) is 9.97 Å². The maximum Gasteiger partial charge on any atom is 0.159 e. The van der Waals surface area contributed by atoms with Gasteiger partial charge in [0.1, 0.15) is 17.0 Å². The number of pyridine rings is 2. The zero-order chi connectivity index (χ0) is 20.9. The maximum atomic E-state index is 4.86. The Balaban J connectivity index is 1.52. The molecule has 31 heavy (non-hydrogen) atoms. The average Bonchev–Trinajstić information content (AvgIpc) is 3.50. The van der Waals surface area contributed by atoms with Crippen LogP contribution in [-0.4, -0.2) is 39.7 Å². The van der Waals surface area contributed by atoms with Gasteiger partial charge in [-0.05, 0) is 37.3 Å². The lowest BCUT2D eigenvalue weighted by atomic mass is 10.1. The third kappa shape index (κ3) is 2.72. The highest BCUT2D eigenvalue weighted by atomic mass is 15.1. The van der Waals surface area contributed by atoms with Crippen LogP contribution in [0.5, 0.6) is 0 Å². The molecule has 0 saturated heterocycles. The van der Waals surface area contributed by atoms with Crippen molar-refractivity contribution in [2.75, 3.05) is 0 Å². The summed E-state index contributed by atoms with van der Waals surface area (Å²) in [6.07, 6.45) is 7.21. The Morgan fingerprint density at radius 1 is 0.903 bits per heavy atom. The zero-order valence-corrected chi connectivity index (χ0v) is 17.0. The molecule has 0 radical (unpaired) electrons. The fourth-order valence-electron chi connectivity index (χ4n) is 3.89. The minimum Gasteiger partial charge on any atom is -0.336 e. The minimum absolute atomic E-state index is 0.692. The third-order valence-corrected chi connectivity index (χ3v) is 5.64. The summed E-state index contributed by atoms with van der Waals surface area (Å²) in [6.45, 7) is 1.99. The Morgan fingerprint density at radius 3 is 2.65 bits per heavy atom. The quantitative estimate of drug-likeness (QED) is 0.457. The van der Waals surface area contributed by atoms with E-state index in [9.17, 15) is 0 Å². The van der Waals surface area contributed by atoms with Gasteiger partial charge in [0, 0.05) is 42.2 Å². The fourth-order valence-corrected chi connectivity index (χ4v) is 3.89. The third-order valence-electron chi connectivity index (χ3n) is 5.64. The molecule has 0 aliphatic carbocycles. The monoisotopic (exact) mass is 406 g/mol. The molecule has 8 nitrogen and oxygen atoms in total. The van der Waals surface area contributed by atoms with E-state index in [0.717, 1.165) is 56.0 Å². The molecule has 0 aliphatic heterocycles. The lowest BCUT2D eigenvalue weighted by Crippen LogP contribution is -1.94. The van der Waals surface area contributed by atoms with Crippen molar-refractivity contribution in [1.29, 1.82) is 0 Å². The Bertz CT molecular complexity index is 1560. The van der Waals surface area contributed by atoms with E-state index >= 15 is 0 Å². The number of benzene rings is 1. The molecule has 0 fully saturated rings. The Labute approximate surface area is 177 Å². The number of H-pyrrole nitrogens is 2. The maximum absolute atomic E-state index is 4.86. The summed E-state index contributed by atoms with van der Waals surface area (Å²) in [7, 11) is 2.02. The summed E-state index contributed by atoms with van der Waals surface area (Å²) in [5, 5.41) is 8.66. The van der Waals surface area contributed by atoms with Gasteiger partial charge >= 0.3 is 0 Å². The molecule has 5 aromatic heterocycles. The van der Waals surface area contributed by atoms with Crippen molar-refractivity contribution in [3.63, 3.8) is 0 Å². The van der Waals surface area contributed by atoms with E-state index in [1.54, 1.807) is 18.6 Å². The second-order valence-corrected chi connectivity index (χ2v) is 7.47. The number of hydrogen-bond donors (Lipinski definition) is 2. The highest BCUT2D eigenvalue weighted by Crippen LogP contribution is 2.32. The van der Waals surface area contributed by atoms with Crippen LogP contribution in [0.25, 0.3) is 56.0 Å². The Kier molecular flexibility index (Phi) is 3.73. The molecule has 0 bridgehead atoms. The van der Waals surface area contributed by atoms with Crippen LogP contribution in [0, 0.1) is 6.92 Å². The van der Waals surface area contributed by atoms with Crippen LogP contribution in [0.4, 0.5) is 0 Å². The number of imidazole rings is 2. The zero-order valence-electron chi connectivity index (χ0n) is 17.0. The summed E-state index contributed by atoms with van der Waals surface area (Å²) < 4.78 is 2.08. The Morgan fingerprint density at radius 2 is 1.84 bits per heavy atom. The fraction of sp³-hybridized carbons (Fsp3) is 0.0870. The van der Waals surface area contributed by atoms with Gasteiger partial charge in [0.05, 0.1) is 28.6 Å². The average molecular weight is 406 g/mol. The molecule has 0 amide bonds. The van der Waals surface area contributed by atoms with Gasteiger partial charge in [-0.2, -0.15) is 5.10 Å². The van der Waals surface area contributed by atoms with E-state index in [2.05, 4.69) is 46.8 Å². The molecule has 6 rings (SSSR count). The number of aromatic amines is 2. The molecular formula is C23H18N8. The SMILES string of the molecule is Cc1ncc(-c2ccc3[nH]nc(-c4nc5c(-c6cccnc6)nccc5[nH]4)c3c2)n1C. The second kappa shape index (κ2) is 6.60. The van der Waals surface area contributed by atoms with Gasteiger partial charge in [-0.15, -0.1) is 0 Å². The molecule has 0 saturated carbocycles. The largest absolute Gasteiger partial charge is 0.336 e. The lowest BCUT2D eigenvalue weighted by molar-refractivity contribution is 0.865. The van der Waals surface area contributed by atoms with E-state index in [1.807, 2.05) is 44.4 Å². The molecule has 0 unspecified atom stereocenters. The summed E-state index contributed by atoms with van der Waals surface area (Å²) in [5.74, 6) is 1.66. The van der Waals surface area contributed by atoms with E-state index in [4.69, 9.17) is 4.98 Å². The topological polar surface area (TPSA) is 101 Å². The van der Waals surface area contributed by atoms with Gasteiger partial charge in [-0.3, -0.25) is 15.1 Å². The molecule has 8 heteroatoms. The molecular weight excluding hydrogens is 388 g/mol. The summed E-state index contributed by atoms with van der Waals surface area (Å²) >= 11 is 0. The van der Waals surface area contributed by atoms with Crippen LogP contribution in [0.3, 0.4) is 0 Å². The van der Waals surface area contributed by atoms with Crippen molar-refractivity contribution in [2.24, 2.45) is 7.05 Å². The standard InChI is InChI=1S/C23H18N8/c1-13-26-12-19(31(13)2)14-5-6-17-16(10-14)21(30-29-17)23-27-18-7-9-25-20(22(18)28-23)15-4-3-8-24-11-15/h3-12H,1-2H3,(H,27,28)(H,29,30). The van der Waals surface area contributed by atoms with Crippen LogP contribution >= 0.6 is 0 Å². The molecule has 150 valence electrons. The molecule has 0 spiro atoms. The number of nitrogens with one attached hydrogen (secondary N) is 2. The van der Waals surface area contributed by atoms with Crippen molar-refractivity contribution in [3.05, 3.63) is 67.0 Å². The van der Waals surface area contributed by atoms with Crippen LogP contribution < -0.4 is 0 Å². The first-order chi connectivity index (χ1) is 15.2. The first kappa shape index (κ1) is 17.5. The van der Waals surface area contributed by atoms with Crippen LogP contribution in [0.15, 0.2) is 61.2 Å². The van der Waals surface area contributed by atoms with E-state index in [-0.39, 0.29) is 0 Å². The summed E-state index contributed by atoms with van der Waals surface area (Å²) in [6, 6.07) is 12.0. The van der Waals surface area contributed by atoms with Gasteiger partial charge in [0.2, 0.25) is 0 Å². The smallest absolute Gasteiger partial charge is 0.159 e. The van der Waals surface area contributed by atoms with Crippen molar-refractivity contribution < 1.29 is 0 Å². The van der Waals surface area contributed by atoms with Crippen LogP contribution in [0.2, 0.25) is 0 Å². The number of rotatable bonds is 3. The van der Waals surface area contributed by atoms with E-state index < -0.39 is 0 Å². The molecule has 6 aromatic rings. The number of hydrogen-bond acceptors (Lipinski definition) is 5. The van der Waals surface area contributed by atoms with Crippen LogP contribution in [-0.2, 0) is 7.05 Å². The normalized spacial score (nSPS) is 11.5. The van der Waals surface area contributed by atoms with Gasteiger partial charge in [-0.1, -0.05) is 6.07 Å². The molecule has 2 N–H and O–H groups in total.